The highest BCUT2D eigenvalue weighted by Gasteiger charge is 2.21. The summed E-state index contributed by atoms with van der Waals surface area (Å²) >= 11 is 6.77. The summed E-state index contributed by atoms with van der Waals surface area (Å²) in [6.07, 6.45) is 7.79. The molecule has 190 valence electrons. The fourth-order valence-electron chi connectivity index (χ4n) is 4.85. The molecule has 1 aliphatic heterocycles. The zero-order valence-electron chi connectivity index (χ0n) is 20.8. The van der Waals surface area contributed by atoms with E-state index in [2.05, 4.69) is 35.8 Å². The van der Waals surface area contributed by atoms with Crippen LogP contribution in [0.25, 0.3) is 33.3 Å². The molecule has 1 N–H and O–H groups in total. The molecule has 0 radical (unpaired) electrons. The molecule has 4 heterocycles. The minimum Gasteiger partial charge on any atom is -0.456 e. The SMILES string of the molecule is COCCN1CCC(n2cc(-c3cnc4ccc(Oc5ccc6nc(C)[nH]c6c5)c(Cl)c4n3)cn2)CC1. The third-order valence-electron chi connectivity index (χ3n) is 6.86. The molecule has 0 aliphatic carbocycles. The van der Waals surface area contributed by atoms with Crippen LogP contribution in [0.15, 0.2) is 48.9 Å². The van der Waals surface area contributed by atoms with Crippen LogP contribution in [0, 0.1) is 6.92 Å². The first-order chi connectivity index (χ1) is 18.1. The van der Waals surface area contributed by atoms with Gasteiger partial charge in [0.25, 0.3) is 0 Å². The van der Waals surface area contributed by atoms with Crippen LogP contribution in [-0.4, -0.2) is 68.0 Å². The molecule has 0 bridgehead atoms. The second-order valence-corrected chi connectivity index (χ2v) is 9.76. The number of halogens is 1. The minimum absolute atomic E-state index is 0.376. The Morgan fingerprint density at radius 3 is 2.76 bits per heavy atom. The molecule has 0 unspecified atom stereocenters. The van der Waals surface area contributed by atoms with Gasteiger partial charge >= 0.3 is 0 Å². The van der Waals surface area contributed by atoms with E-state index in [1.807, 2.05) is 43.5 Å². The molecule has 2 aromatic carbocycles. The lowest BCUT2D eigenvalue weighted by atomic mass is 10.1. The number of likely N-dealkylation sites (tertiary alicyclic amines) is 1. The Labute approximate surface area is 219 Å². The fraction of sp³-hybridized carbons (Fsp3) is 0.333. The van der Waals surface area contributed by atoms with E-state index in [4.69, 9.17) is 26.1 Å². The van der Waals surface area contributed by atoms with Crippen molar-refractivity contribution in [2.75, 3.05) is 33.4 Å². The zero-order valence-corrected chi connectivity index (χ0v) is 21.6. The van der Waals surface area contributed by atoms with Gasteiger partial charge in [-0.3, -0.25) is 9.67 Å². The Bertz CT molecular complexity index is 1560. The van der Waals surface area contributed by atoms with Crippen molar-refractivity contribution in [1.82, 2.24) is 34.6 Å². The number of H-pyrrole nitrogens is 1. The van der Waals surface area contributed by atoms with Gasteiger partial charge in [0, 0.05) is 44.6 Å². The molecule has 37 heavy (non-hydrogen) atoms. The van der Waals surface area contributed by atoms with Gasteiger partial charge in [0.05, 0.1) is 47.3 Å². The summed E-state index contributed by atoms with van der Waals surface area (Å²) in [6.45, 7) is 5.76. The maximum absolute atomic E-state index is 6.77. The Balaban J connectivity index is 1.22. The molecule has 9 nitrogen and oxygen atoms in total. The molecule has 1 fully saturated rings. The molecule has 1 saturated heterocycles. The van der Waals surface area contributed by atoms with Gasteiger partial charge in [0.2, 0.25) is 0 Å². The summed E-state index contributed by atoms with van der Waals surface area (Å²) in [6, 6.07) is 9.77. The molecular formula is C27H28ClN7O2. The third kappa shape index (κ3) is 4.90. The maximum Gasteiger partial charge on any atom is 0.148 e. The molecule has 6 rings (SSSR count). The number of hydrogen-bond acceptors (Lipinski definition) is 7. The van der Waals surface area contributed by atoms with Gasteiger partial charge in [0.1, 0.15) is 27.9 Å². The molecule has 10 heteroatoms. The van der Waals surface area contributed by atoms with Gasteiger partial charge in [-0.1, -0.05) is 11.6 Å². The number of nitrogens with one attached hydrogen (secondary N) is 1. The van der Waals surface area contributed by atoms with E-state index in [9.17, 15) is 0 Å². The quantitative estimate of drug-likeness (QED) is 0.308. The highest BCUT2D eigenvalue weighted by molar-refractivity contribution is 6.36. The summed E-state index contributed by atoms with van der Waals surface area (Å²) in [5.74, 6) is 2.04. The first-order valence-corrected chi connectivity index (χ1v) is 12.8. The molecule has 0 atom stereocenters. The lowest BCUT2D eigenvalue weighted by Gasteiger charge is -2.31. The number of imidazole rings is 1. The van der Waals surface area contributed by atoms with Gasteiger partial charge in [-0.25, -0.2) is 9.97 Å². The maximum atomic E-state index is 6.77. The average molecular weight is 518 g/mol. The largest absolute Gasteiger partial charge is 0.456 e. The summed E-state index contributed by atoms with van der Waals surface area (Å²) < 4.78 is 13.4. The van der Waals surface area contributed by atoms with Crippen molar-refractivity contribution in [3.05, 3.63) is 59.8 Å². The van der Waals surface area contributed by atoms with Crippen molar-refractivity contribution in [2.24, 2.45) is 0 Å². The van der Waals surface area contributed by atoms with E-state index >= 15 is 0 Å². The number of ether oxygens (including phenoxy) is 2. The van der Waals surface area contributed by atoms with Crippen LogP contribution < -0.4 is 4.74 Å². The molecule has 3 aromatic heterocycles. The van der Waals surface area contributed by atoms with E-state index in [1.54, 1.807) is 13.3 Å². The minimum atomic E-state index is 0.376. The van der Waals surface area contributed by atoms with E-state index in [1.165, 1.54) is 0 Å². The Morgan fingerprint density at radius 1 is 1.08 bits per heavy atom. The second kappa shape index (κ2) is 10.1. The van der Waals surface area contributed by atoms with Gasteiger partial charge < -0.3 is 19.4 Å². The predicted molar refractivity (Wildman–Crippen MR) is 143 cm³/mol. The van der Waals surface area contributed by atoms with Crippen molar-refractivity contribution in [1.29, 1.82) is 0 Å². The molecule has 5 aromatic rings. The zero-order chi connectivity index (χ0) is 25.4. The summed E-state index contributed by atoms with van der Waals surface area (Å²) in [5.41, 5.74) is 4.74. The number of piperidine rings is 1. The summed E-state index contributed by atoms with van der Waals surface area (Å²) in [5, 5.41) is 5.07. The van der Waals surface area contributed by atoms with E-state index in [0.29, 0.717) is 33.6 Å². The van der Waals surface area contributed by atoms with Crippen molar-refractivity contribution in [3.63, 3.8) is 0 Å². The van der Waals surface area contributed by atoms with Crippen LogP contribution in [0.2, 0.25) is 5.02 Å². The number of benzene rings is 2. The van der Waals surface area contributed by atoms with Crippen molar-refractivity contribution < 1.29 is 9.47 Å². The highest BCUT2D eigenvalue weighted by atomic mass is 35.5. The van der Waals surface area contributed by atoms with Crippen LogP contribution in [-0.2, 0) is 4.74 Å². The number of rotatable bonds is 7. The Kier molecular flexibility index (Phi) is 6.50. The van der Waals surface area contributed by atoms with E-state index < -0.39 is 0 Å². The van der Waals surface area contributed by atoms with Crippen LogP contribution >= 0.6 is 11.6 Å². The summed E-state index contributed by atoms with van der Waals surface area (Å²) in [4.78, 5) is 19.5. The smallest absolute Gasteiger partial charge is 0.148 e. The third-order valence-corrected chi connectivity index (χ3v) is 7.22. The normalized spacial score (nSPS) is 15.1. The topological polar surface area (TPSA) is 94.0 Å². The van der Waals surface area contributed by atoms with Crippen LogP contribution in [0.1, 0.15) is 24.7 Å². The number of aryl methyl sites for hydroxylation is 1. The average Bonchev–Trinajstić information content (AvgIpc) is 3.55. The lowest BCUT2D eigenvalue weighted by molar-refractivity contribution is 0.119. The fourth-order valence-corrected chi connectivity index (χ4v) is 5.09. The first-order valence-electron chi connectivity index (χ1n) is 12.4. The lowest BCUT2D eigenvalue weighted by Crippen LogP contribution is -2.36. The highest BCUT2D eigenvalue weighted by Crippen LogP contribution is 2.36. The van der Waals surface area contributed by atoms with E-state index in [-0.39, 0.29) is 0 Å². The standard InChI is InChI=1S/C27H28ClN7O2/c1-17-31-21-4-3-20(13-23(21)32-17)37-25-6-5-22-27(26(25)28)33-24(15-29-22)18-14-30-35(16-18)19-7-9-34(10-8-19)11-12-36-2/h3-6,13-16,19H,7-12H2,1-2H3,(H,31,32). The molecular weight excluding hydrogens is 490 g/mol. The molecule has 0 spiro atoms. The first kappa shape index (κ1) is 23.8. The van der Waals surface area contributed by atoms with Crippen molar-refractivity contribution in [2.45, 2.75) is 25.8 Å². The number of aromatic nitrogens is 6. The Morgan fingerprint density at radius 2 is 1.92 bits per heavy atom. The summed E-state index contributed by atoms with van der Waals surface area (Å²) in [7, 11) is 1.75. The van der Waals surface area contributed by atoms with Crippen molar-refractivity contribution >= 4 is 33.7 Å². The molecule has 0 saturated carbocycles. The monoisotopic (exact) mass is 517 g/mol. The van der Waals surface area contributed by atoms with Gasteiger partial charge in [0.15, 0.2) is 0 Å². The number of nitrogens with zero attached hydrogens (tertiary/aromatic N) is 6. The van der Waals surface area contributed by atoms with Gasteiger partial charge in [-0.2, -0.15) is 5.10 Å². The predicted octanol–water partition coefficient (Wildman–Crippen LogP) is 5.41. The molecule has 0 amide bonds. The van der Waals surface area contributed by atoms with E-state index in [0.717, 1.165) is 67.2 Å². The van der Waals surface area contributed by atoms with Crippen LogP contribution in [0.5, 0.6) is 11.5 Å². The number of fused-ring (bicyclic) bond motifs is 2. The van der Waals surface area contributed by atoms with Crippen LogP contribution in [0.3, 0.4) is 0 Å². The second-order valence-electron chi connectivity index (χ2n) is 9.38. The van der Waals surface area contributed by atoms with Crippen molar-refractivity contribution in [3.8, 4) is 22.8 Å². The Hall–Kier alpha value is -3.53. The number of hydrogen-bond donors (Lipinski definition) is 1. The van der Waals surface area contributed by atoms with Crippen LogP contribution in [0.4, 0.5) is 0 Å². The molecule has 1 aliphatic rings. The number of aromatic amines is 1. The number of methoxy groups -OCH3 is 1. The van der Waals surface area contributed by atoms with Gasteiger partial charge in [-0.05, 0) is 44.0 Å². The van der Waals surface area contributed by atoms with Gasteiger partial charge in [-0.15, -0.1) is 0 Å².